The molecule has 0 atom stereocenters. The van der Waals surface area contributed by atoms with Gasteiger partial charge in [0, 0.05) is 12.4 Å². The number of urea groups is 1. The van der Waals surface area contributed by atoms with Crippen LogP contribution in [-0.2, 0) is 4.74 Å². The molecule has 1 aromatic rings. The Bertz CT molecular complexity index is 379. The van der Waals surface area contributed by atoms with E-state index < -0.39 is 17.7 Å². The van der Waals surface area contributed by atoms with Crippen LogP contribution < -0.4 is 10.7 Å². The van der Waals surface area contributed by atoms with Crippen LogP contribution >= 0.6 is 0 Å². The summed E-state index contributed by atoms with van der Waals surface area (Å²) >= 11 is 0. The largest absolute Gasteiger partial charge is 0.442 e. The molecule has 3 amide bonds. The quantitative estimate of drug-likeness (QED) is 0.785. The number of amides is 3. The predicted octanol–water partition coefficient (Wildman–Crippen LogP) is 1.44. The van der Waals surface area contributed by atoms with E-state index >= 15 is 0 Å². The lowest BCUT2D eigenvalue weighted by molar-refractivity contribution is 0.0558. The van der Waals surface area contributed by atoms with Gasteiger partial charge >= 0.3 is 12.1 Å². The number of nitrogens with zero attached hydrogens (tertiary/aromatic N) is 2. The van der Waals surface area contributed by atoms with Gasteiger partial charge in [0.1, 0.15) is 5.60 Å². The summed E-state index contributed by atoms with van der Waals surface area (Å²) in [6.07, 6.45) is 2.24. The molecule has 0 spiro atoms. The van der Waals surface area contributed by atoms with Crippen molar-refractivity contribution in [2.45, 2.75) is 26.4 Å². The summed E-state index contributed by atoms with van der Waals surface area (Å²) in [6, 6.07) is 2.44. The van der Waals surface area contributed by atoms with Crippen molar-refractivity contribution in [2.75, 3.05) is 5.01 Å². The van der Waals surface area contributed by atoms with Gasteiger partial charge < -0.3 is 10.5 Å². The fourth-order valence-corrected chi connectivity index (χ4v) is 1.06. The third-order valence-corrected chi connectivity index (χ3v) is 1.59. The maximum absolute atomic E-state index is 11.7. The number of carbonyl (C=O) groups excluding carboxylic acids is 2. The minimum atomic E-state index is -0.898. The molecule has 0 aliphatic carbocycles. The number of rotatable bonds is 1. The molecule has 6 heteroatoms. The van der Waals surface area contributed by atoms with Crippen molar-refractivity contribution < 1.29 is 14.3 Å². The summed E-state index contributed by atoms with van der Waals surface area (Å²) in [5, 5.41) is 0.714. The highest BCUT2D eigenvalue weighted by Crippen LogP contribution is 2.09. The second kappa shape index (κ2) is 4.26. The highest BCUT2D eigenvalue weighted by Gasteiger charge is 2.26. The van der Waals surface area contributed by atoms with Gasteiger partial charge in [-0.3, -0.25) is 4.68 Å². The van der Waals surface area contributed by atoms with Crippen LogP contribution in [0.5, 0.6) is 0 Å². The van der Waals surface area contributed by atoms with E-state index in [1.54, 1.807) is 32.9 Å². The molecule has 0 saturated heterocycles. The van der Waals surface area contributed by atoms with Crippen LogP contribution in [0.1, 0.15) is 20.8 Å². The molecule has 0 bridgehead atoms. The number of hydrogen-bond donors (Lipinski definition) is 1. The van der Waals surface area contributed by atoms with Crippen molar-refractivity contribution in [1.29, 1.82) is 0 Å². The van der Waals surface area contributed by atoms with Crippen molar-refractivity contribution >= 4 is 12.1 Å². The molecule has 0 aliphatic rings. The van der Waals surface area contributed by atoms with Crippen molar-refractivity contribution in [2.24, 2.45) is 5.73 Å². The normalized spacial score (nSPS) is 10.9. The topological polar surface area (TPSA) is 77.6 Å². The first-order valence-electron chi connectivity index (χ1n) is 4.77. The van der Waals surface area contributed by atoms with Gasteiger partial charge in [0.05, 0.1) is 0 Å². The number of nitrogens with two attached hydrogens (primary N) is 1. The van der Waals surface area contributed by atoms with Crippen LogP contribution in [0.25, 0.3) is 0 Å². The highest BCUT2D eigenvalue weighted by molar-refractivity contribution is 6.03. The van der Waals surface area contributed by atoms with Gasteiger partial charge in [-0.15, -0.1) is 5.01 Å². The van der Waals surface area contributed by atoms with Crippen molar-refractivity contribution in [3.8, 4) is 0 Å². The molecule has 2 N–H and O–H groups in total. The summed E-state index contributed by atoms with van der Waals surface area (Å²) in [4.78, 5) is 22.8. The number of primary amides is 1. The number of ether oxygens (including phenoxy) is 1. The maximum atomic E-state index is 11.7. The van der Waals surface area contributed by atoms with E-state index in [0.717, 1.165) is 0 Å². The second-order valence-corrected chi connectivity index (χ2v) is 4.19. The average Bonchev–Trinajstić information content (AvgIpc) is 2.52. The van der Waals surface area contributed by atoms with E-state index in [1.807, 2.05) is 0 Å². The molecule has 1 heterocycles. The Morgan fingerprint density at radius 2 is 1.75 bits per heavy atom. The zero-order valence-corrected chi connectivity index (χ0v) is 9.51. The second-order valence-electron chi connectivity index (χ2n) is 4.19. The van der Waals surface area contributed by atoms with Crippen LogP contribution in [0.15, 0.2) is 24.5 Å². The van der Waals surface area contributed by atoms with Gasteiger partial charge in [-0.1, -0.05) is 0 Å². The first-order chi connectivity index (χ1) is 7.31. The van der Waals surface area contributed by atoms with E-state index in [0.29, 0.717) is 5.01 Å². The summed E-state index contributed by atoms with van der Waals surface area (Å²) in [5.74, 6) is 0. The van der Waals surface area contributed by atoms with E-state index in [4.69, 9.17) is 10.5 Å². The lowest BCUT2D eigenvalue weighted by Crippen LogP contribution is -2.49. The lowest BCUT2D eigenvalue weighted by atomic mass is 10.2. The zero-order chi connectivity index (χ0) is 12.3. The fourth-order valence-electron chi connectivity index (χ4n) is 1.06. The molecule has 0 unspecified atom stereocenters. The minimum Gasteiger partial charge on any atom is -0.442 e. The van der Waals surface area contributed by atoms with E-state index in [-0.39, 0.29) is 0 Å². The van der Waals surface area contributed by atoms with Crippen molar-refractivity contribution in [3.05, 3.63) is 24.5 Å². The number of hydrogen-bond acceptors (Lipinski definition) is 3. The van der Waals surface area contributed by atoms with Gasteiger partial charge in [0.25, 0.3) is 0 Å². The minimum absolute atomic E-state index is 0.683. The Kier molecular flexibility index (Phi) is 3.22. The van der Waals surface area contributed by atoms with Gasteiger partial charge in [0.15, 0.2) is 0 Å². The van der Waals surface area contributed by atoms with Crippen molar-refractivity contribution in [1.82, 2.24) is 4.68 Å². The first kappa shape index (κ1) is 12.1. The van der Waals surface area contributed by atoms with Crippen molar-refractivity contribution in [3.63, 3.8) is 0 Å². The van der Waals surface area contributed by atoms with E-state index in [2.05, 4.69) is 0 Å². The number of carbonyl (C=O) groups is 2. The molecule has 0 aliphatic heterocycles. The Morgan fingerprint density at radius 1 is 1.25 bits per heavy atom. The first-order valence-corrected chi connectivity index (χ1v) is 4.77. The third kappa shape index (κ3) is 3.01. The summed E-state index contributed by atoms with van der Waals surface area (Å²) in [7, 11) is 0. The zero-order valence-electron chi connectivity index (χ0n) is 9.51. The Labute approximate surface area is 93.5 Å². The average molecular weight is 225 g/mol. The predicted molar refractivity (Wildman–Crippen MR) is 58.5 cm³/mol. The molecular formula is C10H15N3O3. The maximum Gasteiger partial charge on any atom is 0.438 e. The molecule has 6 nitrogen and oxygen atoms in total. The molecule has 1 rings (SSSR count). The molecule has 88 valence electrons. The highest BCUT2D eigenvalue weighted by atomic mass is 16.6. The molecule has 1 aromatic heterocycles. The number of imide groups is 1. The van der Waals surface area contributed by atoms with E-state index in [1.165, 1.54) is 17.1 Å². The Hall–Kier alpha value is -1.98. The molecule has 0 fully saturated rings. The molecule has 0 saturated carbocycles. The van der Waals surface area contributed by atoms with Gasteiger partial charge in [-0.05, 0) is 32.9 Å². The van der Waals surface area contributed by atoms with Crippen LogP contribution in [0, 0.1) is 0 Å². The van der Waals surface area contributed by atoms with Crippen LogP contribution in [0.2, 0.25) is 0 Å². The van der Waals surface area contributed by atoms with Crippen LogP contribution in [-0.4, -0.2) is 22.4 Å². The molecule has 0 aromatic carbocycles. The van der Waals surface area contributed by atoms with Gasteiger partial charge in [-0.2, -0.15) is 0 Å². The third-order valence-electron chi connectivity index (χ3n) is 1.59. The molecule has 0 radical (unpaired) electrons. The lowest BCUT2D eigenvalue weighted by Gasteiger charge is -2.25. The summed E-state index contributed by atoms with van der Waals surface area (Å²) < 4.78 is 6.31. The molecular weight excluding hydrogens is 210 g/mol. The fraction of sp³-hybridized carbons (Fsp3) is 0.400. The number of aromatic nitrogens is 1. The summed E-state index contributed by atoms with van der Waals surface area (Å²) in [6.45, 7) is 5.12. The monoisotopic (exact) mass is 225 g/mol. The van der Waals surface area contributed by atoms with Crippen LogP contribution in [0.4, 0.5) is 9.59 Å². The van der Waals surface area contributed by atoms with E-state index in [9.17, 15) is 9.59 Å². The Balaban J connectivity index is 2.88. The smallest absolute Gasteiger partial charge is 0.438 e. The standard InChI is InChI=1S/C10H15N3O3/c1-10(2,3)16-9(15)13(8(11)14)12-6-4-5-7-12/h4-7H,1-3H3,(H2,11,14). The Morgan fingerprint density at radius 3 is 2.12 bits per heavy atom. The summed E-state index contributed by atoms with van der Waals surface area (Å²) in [5.41, 5.74) is 4.43. The van der Waals surface area contributed by atoms with Crippen LogP contribution in [0.3, 0.4) is 0 Å². The SMILES string of the molecule is CC(C)(C)OC(=O)N(C(N)=O)n1cccc1. The van der Waals surface area contributed by atoms with Gasteiger partial charge in [-0.25, -0.2) is 9.59 Å². The molecule has 16 heavy (non-hydrogen) atoms. The van der Waals surface area contributed by atoms with Gasteiger partial charge in [0.2, 0.25) is 0 Å².